The number of rotatable bonds is 1. The first-order valence-electron chi connectivity index (χ1n) is 4.36. The molecule has 1 aliphatic rings. The number of nitrogens with two attached hydrogens (primary N) is 1. The summed E-state index contributed by atoms with van der Waals surface area (Å²) in [6.07, 6.45) is -0.751. The molecule has 0 radical (unpaired) electrons. The molecule has 0 spiro atoms. The average molecular weight is 225 g/mol. The van der Waals surface area contributed by atoms with E-state index in [1.54, 1.807) is 0 Å². The Labute approximate surface area is 85.1 Å². The van der Waals surface area contributed by atoms with Crippen molar-refractivity contribution in [1.29, 1.82) is 0 Å². The molecule has 1 fully saturated rings. The van der Waals surface area contributed by atoms with Gasteiger partial charge in [-0.2, -0.15) is 0 Å². The van der Waals surface area contributed by atoms with Crippen molar-refractivity contribution >= 4 is 11.9 Å². The topological polar surface area (TPSA) is 94.0 Å². The number of aliphatic carboxylic acids is 2. The van der Waals surface area contributed by atoms with Gasteiger partial charge in [-0.3, -0.25) is 0 Å². The number of hydrogen-bond acceptors (Lipinski definition) is 3. The van der Waals surface area contributed by atoms with Gasteiger partial charge in [-0.25, -0.2) is 13.6 Å². The number of carboxylic acids is 2. The summed E-state index contributed by atoms with van der Waals surface area (Å²) >= 11 is 0. The number of carbonyl (C=O) groups is 2. The molecule has 5 nitrogen and oxygen atoms in total. The second kappa shape index (κ2) is 5.59. The normalized spacial score (nSPS) is 23.5. The van der Waals surface area contributed by atoms with Gasteiger partial charge in [0.1, 0.15) is 0 Å². The van der Waals surface area contributed by atoms with Gasteiger partial charge < -0.3 is 20.3 Å². The Kier molecular flexibility index (Phi) is 5.13. The van der Waals surface area contributed by atoms with Crippen LogP contribution in [0.1, 0.15) is 19.8 Å². The maximum atomic E-state index is 12.5. The molecule has 0 aliphatic carbocycles. The van der Waals surface area contributed by atoms with E-state index < -0.39 is 30.3 Å². The van der Waals surface area contributed by atoms with Crippen molar-refractivity contribution < 1.29 is 33.9 Å². The summed E-state index contributed by atoms with van der Waals surface area (Å²) < 4.78 is 25.1. The fraction of sp³-hybridized carbons (Fsp3) is 0.750. The van der Waals surface area contributed by atoms with E-state index >= 15 is 0 Å². The van der Waals surface area contributed by atoms with Gasteiger partial charge >= 0.3 is 5.97 Å². The third-order valence-corrected chi connectivity index (χ3v) is 1.80. The highest BCUT2D eigenvalue weighted by molar-refractivity contribution is 5.71. The van der Waals surface area contributed by atoms with Gasteiger partial charge in [0, 0.05) is 5.97 Å². The summed E-state index contributed by atoms with van der Waals surface area (Å²) in [7, 11) is 0. The van der Waals surface area contributed by atoms with Crippen molar-refractivity contribution in [2.45, 2.75) is 31.7 Å². The first-order valence-corrected chi connectivity index (χ1v) is 4.36. The van der Waals surface area contributed by atoms with Crippen molar-refractivity contribution in [2.24, 2.45) is 0 Å². The van der Waals surface area contributed by atoms with Crippen LogP contribution in [0.2, 0.25) is 0 Å². The van der Waals surface area contributed by atoms with Crippen LogP contribution in [0, 0.1) is 0 Å². The lowest BCUT2D eigenvalue weighted by molar-refractivity contribution is -0.693. The molecule has 0 amide bonds. The standard InChI is InChI=1S/C6H9F2NO2.C2H4O2/c7-6(8)1-2-9-4(3-6)5(10)11;1-2(3)4/h4,9H,1-3H2,(H,10,11);1H3,(H,3,4). The van der Waals surface area contributed by atoms with Crippen LogP contribution in [0.4, 0.5) is 8.78 Å². The maximum absolute atomic E-state index is 12.5. The number of alkyl halides is 2. The fourth-order valence-corrected chi connectivity index (χ4v) is 1.19. The molecular formula is C8H13F2NO4. The molecule has 0 aromatic heterocycles. The van der Waals surface area contributed by atoms with E-state index in [0.717, 1.165) is 6.92 Å². The van der Waals surface area contributed by atoms with E-state index in [1.807, 2.05) is 0 Å². The predicted molar refractivity (Wildman–Crippen MR) is 43.1 cm³/mol. The van der Waals surface area contributed by atoms with E-state index in [0.29, 0.717) is 0 Å². The van der Waals surface area contributed by atoms with Crippen LogP contribution in [0.3, 0.4) is 0 Å². The van der Waals surface area contributed by atoms with Crippen molar-refractivity contribution in [3.05, 3.63) is 0 Å². The molecule has 1 unspecified atom stereocenters. The molecule has 7 heteroatoms. The number of hydrogen-bond donors (Lipinski definition) is 2. The van der Waals surface area contributed by atoms with E-state index in [-0.39, 0.29) is 13.0 Å². The Morgan fingerprint density at radius 1 is 1.53 bits per heavy atom. The molecule has 3 N–H and O–H groups in total. The summed E-state index contributed by atoms with van der Waals surface area (Å²) in [6, 6.07) is -0.959. The zero-order valence-corrected chi connectivity index (χ0v) is 8.20. The lowest BCUT2D eigenvalue weighted by atomic mass is 10.0. The first kappa shape index (κ1) is 13.8. The van der Waals surface area contributed by atoms with E-state index in [2.05, 4.69) is 0 Å². The quantitative estimate of drug-likeness (QED) is 0.550. The molecule has 0 aromatic rings. The third kappa shape index (κ3) is 6.78. The second-order valence-electron chi connectivity index (χ2n) is 3.27. The SMILES string of the molecule is CC(=O)[O-].O=C(O)C1CC(F)(F)CC[NH2+]1. The van der Waals surface area contributed by atoms with E-state index in [4.69, 9.17) is 15.0 Å². The number of carbonyl (C=O) groups excluding carboxylic acids is 1. The summed E-state index contributed by atoms with van der Waals surface area (Å²) in [5, 5.41) is 18.7. The lowest BCUT2D eigenvalue weighted by Gasteiger charge is -2.24. The van der Waals surface area contributed by atoms with Crippen LogP contribution in [-0.4, -0.2) is 35.6 Å². The summed E-state index contributed by atoms with van der Waals surface area (Å²) in [6.45, 7) is 1.17. The van der Waals surface area contributed by atoms with E-state index in [9.17, 15) is 13.6 Å². The van der Waals surface area contributed by atoms with Crippen molar-refractivity contribution in [1.82, 2.24) is 0 Å². The highest BCUT2D eigenvalue weighted by atomic mass is 19.3. The van der Waals surface area contributed by atoms with Crippen LogP contribution < -0.4 is 10.4 Å². The summed E-state index contributed by atoms with van der Waals surface area (Å²) in [5.41, 5.74) is 0. The smallest absolute Gasteiger partial charge is 0.362 e. The highest BCUT2D eigenvalue weighted by Gasteiger charge is 2.41. The van der Waals surface area contributed by atoms with Crippen molar-refractivity contribution in [2.75, 3.05) is 6.54 Å². The Balaban J connectivity index is 0.000000423. The Morgan fingerprint density at radius 2 is 2.00 bits per heavy atom. The molecule has 88 valence electrons. The van der Waals surface area contributed by atoms with Gasteiger partial charge in [-0.05, 0) is 6.92 Å². The monoisotopic (exact) mass is 225 g/mol. The largest absolute Gasteiger partial charge is 0.550 e. The molecule has 1 saturated heterocycles. The number of carboxylic acid groups (broad SMARTS) is 2. The number of piperidine rings is 1. The minimum atomic E-state index is -2.78. The van der Waals surface area contributed by atoms with Gasteiger partial charge in [0.2, 0.25) is 0 Å². The Hall–Kier alpha value is -1.24. The molecule has 0 saturated carbocycles. The van der Waals surface area contributed by atoms with Gasteiger partial charge in [0.25, 0.3) is 5.92 Å². The maximum Gasteiger partial charge on any atom is 0.362 e. The highest BCUT2D eigenvalue weighted by Crippen LogP contribution is 2.24. The summed E-state index contributed by atoms with van der Waals surface area (Å²) in [4.78, 5) is 19.2. The van der Waals surface area contributed by atoms with Crippen LogP contribution in [0.5, 0.6) is 0 Å². The van der Waals surface area contributed by atoms with Crippen molar-refractivity contribution in [3.63, 3.8) is 0 Å². The van der Waals surface area contributed by atoms with Gasteiger partial charge in [-0.1, -0.05) is 0 Å². The van der Waals surface area contributed by atoms with Crippen LogP contribution >= 0.6 is 0 Å². The molecule has 0 bridgehead atoms. The molecular weight excluding hydrogens is 212 g/mol. The molecule has 15 heavy (non-hydrogen) atoms. The minimum absolute atomic E-state index is 0.198. The molecule has 1 aliphatic heterocycles. The molecule has 1 heterocycles. The van der Waals surface area contributed by atoms with Crippen LogP contribution in [0.25, 0.3) is 0 Å². The first-order chi connectivity index (χ1) is 6.74. The lowest BCUT2D eigenvalue weighted by Crippen LogP contribution is -2.94. The number of quaternary nitrogens is 1. The van der Waals surface area contributed by atoms with Gasteiger partial charge in [0.05, 0.1) is 19.4 Å². The van der Waals surface area contributed by atoms with Crippen LogP contribution in [-0.2, 0) is 9.59 Å². The third-order valence-electron chi connectivity index (χ3n) is 1.80. The Morgan fingerprint density at radius 3 is 2.27 bits per heavy atom. The fourth-order valence-electron chi connectivity index (χ4n) is 1.19. The molecule has 1 atom stereocenters. The van der Waals surface area contributed by atoms with Crippen LogP contribution in [0.15, 0.2) is 0 Å². The average Bonchev–Trinajstić information content (AvgIpc) is 2.00. The second-order valence-corrected chi connectivity index (χ2v) is 3.27. The van der Waals surface area contributed by atoms with Crippen molar-refractivity contribution in [3.8, 4) is 0 Å². The Bertz CT molecular complexity index is 241. The van der Waals surface area contributed by atoms with Gasteiger partial charge in [0.15, 0.2) is 6.04 Å². The van der Waals surface area contributed by atoms with Gasteiger partial charge in [-0.15, -0.1) is 0 Å². The molecule has 1 rings (SSSR count). The zero-order chi connectivity index (χ0) is 12.1. The zero-order valence-electron chi connectivity index (χ0n) is 8.20. The van der Waals surface area contributed by atoms with E-state index in [1.165, 1.54) is 5.32 Å². The predicted octanol–water partition coefficient (Wildman–Crippen LogP) is -1.81. The minimum Gasteiger partial charge on any atom is -0.550 e. The number of halogens is 2. The molecule has 0 aromatic carbocycles. The summed E-state index contributed by atoms with van der Waals surface area (Å²) in [5.74, 6) is -5.01.